The van der Waals surface area contributed by atoms with Gasteiger partial charge in [0.05, 0.1) is 5.52 Å². The minimum Gasteiger partial charge on any atom is -0.256 e. The van der Waals surface area contributed by atoms with Crippen LogP contribution in [0, 0.1) is 0 Å². The Morgan fingerprint density at radius 1 is 0.406 bits per heavy atom. The molecule has 8 rings (SSSR count). The van der Waals surface area contributed by atoms with Gasteiger partial charge < -0.3 is 0 Å². The third-order valence-electron chi connectivity index (χ3n) is 7.20. The van der Waals surface area contributed by atoms with Crippen molar-refractivity contribution in [2.45, 2.75) is 0 Å². The first-order valence-electron chi connectivity index (χ1n) is 11.1. The number of hydrogen-bond donors (Lipinski definition) is 0. The minimum absolute atomic E-state index is 1.05. The Balaban J connectivity index is 1.58. The molecule has 146 valence electrons. The van der Waals surface area contributed by atoms with E-state index in [0.29, 0.717) is 0 Å². The van der Waals surface area contributed by atoms with E-state index in [9.17, 15) is 0 Å². The lowest BCUT2D eigenvalue weighted by molar-refractivity contribution is 1.41. The molecule has 0 radical (unpaired) electrons. The third-order valence-corrected chi connectivity index (χ3v) is 7.20. The monoisotopic (exact) mass is 403 g/mol. The van der Waals surface area contributed by atoms with Gasteiger partial charge in [-0.2, -0.15) is 0 Å². The second-order valence-electron chi connectivity index (χ2n) is 8.79. The molecule has 0 saturated carbocycles. The van der Waals surface area contributed by atoms with E-state index in [0.717, 1.165) is 5.52 Å². The molecule has 0 saturated heterocycles. The molecule has 0 aliphatic heterocycles. The van der Waals surface area contributed by atoms with Gasteiger partial charge in [0.2, 0.25) is 0 Å². The number of benzene rings is 6. The molecule has 0 unspecified atom stereocenters. The first-order chi connectivity index (χ1) is 15.9. The Labute approximate surface area is 184 Å². The molecule has 1 heteroatoms. The van der Waals surface area contributed by atoms with E-state index >= 15 is 0 Å². The van der Waals surface area contributed by atoms with Gasteiger partial charge >= 0.3 is 0 Å². The molecule has 0 spiro atoms. The van der Waals surface area contributed by atoms with Crippen molar-refractivity contribution in [3.05, 3.63) is 103 Å². The van der Waals surface area contributed by atoms with Gasteiger partial charge in [0, 0.05) is 11.6 Å². The van der Waals surface area contributed by atoms with Crippen LogP contribution in [-0.4, -0.2) is 4.98 Å². The summed E-state index contributed by atoms with van der Waals surface area (Å²) < 4.78 is 0. The Kier molecular flexibility index (Phi) is 2.94. The van der Waals surface area contributed by atoms with Crippen molar-refractivity contribution in [3.8, 4) is 22.3 Å². The summed E-state index contributed by atoms with van der Waals surface area (Å²) >= 11 is 0. The van der Waals surface area contributed by atoms with Crippen LogP contribution in [0.3, 0.4) is 0 Å². The topological polar surface area (TPSA) is 12.9 Å². The van der Waals surface area contributed by atoms with Crippen LogP contribution < -0.4 is 0 Å². The van der Waals surface area contributed by atoms with Crippen LogP contribution in [0.4, 0.5) is 0 Å². The average Bonchev–Trinajstić information content (AvgIpc) is 3.16. The highest BCUT2D eigenvalue weighted by atomic mass is 14.6. The predicted octanol–water partition coefficient (Wildman–Crippen LogP) is 8.49. The summed E-state index contributed by atoms with van der Waals surface area (Å²) in [6, 6.07) is 35.7. The van der Waals surface area contributed by atoms with Crippen molar-refractivity contribution in [3.63, 3.8) is 0 Å². The zero-order chi connectivity index (χ0) is 20.8. The maximum Gasteiger partial charge on any atom is 0.0708 e. The predicted molar refractivity (Wildman–Crippen MR) is 136 cm³/mol. The molecule has 32 heavy (non-hydrogen) atoms. The molecular formula is C31H17N. The molecule has 7 aromatic rings. The normalized spacial score (nSPS) is 12.4. The third kappa shape index (κ3) is 1.96. The van der Waals surface area contributed by atoms with Gasteiger partial charge in [0.15, 0.2) is 0 Å². The number of aromatic nitrogens is 1. The number of rotatable bonds is 0. The van der Waals surface area contributed by atoms with Gasteiger partial charge in [-0.25, -0.2) is 0 Å². The van der Waals surface area contributed by atoms with Crippen LogP contribution in [0.1, 0.15) is 0 Å². The van der Waals surface area contributed by atoms with Crippen LogP contribution in [-0.2, 0) is 0 Å². The Morgan fingerprint density at radius 3 is 2.12 bits per heavy atom. The van der Waals surface area contributed by atoms with Gasteiger partial charge in [-0.3, -0.25) is 4.98 Å². The number of pyridine rings is 1. The van der Waals surface area contributed by atoms with Crippen molar-refractivity contribution < 1.29 is 0 Å². The van der Waals surface area contributed by atoms with Crippen LogP contribution in [0.2, 0.25) is 0 Å². The molecule has 6 aromatic carbocycles. The van der Waals surface area contributed by atoms with E-state index in [1.807, 2.05) is 12.3 Å². The molecule has 1 nitrogen and oxygen atoms in total. The maximum atomic E-state index is 4.61. The van der Waals surface area contributed by atoms with Gasteiger partial charge in [0.25, 0.3) is 0 Å². The van der Waals surface area contributed by atoms with Crippen molar-refractivity contribution in [2.24, 2.45) is 0 Å². The Bertz CT molecular complexity index is 1930. The summed E-state index contributed by atoms with van der Waals surface area (Å²) in [6.07, 6.45) is 1.88. The lowest BCUT2D eigenvalue weighted by Crippen LogP contribution is -1.84. The molecular weight excluding hydrogens is 386 g/mol. The molecule has 1 aromatic heterocycles. The first-order valence-corrected chi connectivity index (χ1v) is 11.1. The highest BCUT2D eigenvalue weighted by molar-refractivity contribution is 6.29. The number of fused-ring (bicyclic) bond motifs is 10. The second-order valence-corrected chi connectivity index (χ2v) is 8.79. The van der Waals surface area contributed by atoms with Gasteiger partial charge in [-0.15, -0.1) is 0 Å². The fourth-order valence-corrected chi connectivity index (χ4v) is 5.79. The minimum atomic E-state index is 1.05. The van der Waals surface area contributed by atoms with Crippen molar-refractivity contribution >= 4 is 54.0 Å². The lowest BCUT2D eigenvalue weighted by Gasteiger charge is -2.12. The highest BCUT2D eigenvalue weighted by Crippen LogP contribution is 2.51. The zero-order valence-corrected chi connectivity index (χ0v) is 17.3. The quantitative estimate of drug-likeness (QED) is 0.231. The molecule has 1 aliphatic rings. The highest BCUT2D eigenvalue weighted by Gasteiger charge is 2.24. The number of hydrogen-bond acceptors (Lipinski definition) is 1. The molecule has 0 amide bonds. The second kappa shape index (κ2) is 5.72. The van der Waals surface area contributed by atoms with E-state index < -0.39 is 0 Å². The summed E-state index contributed by atoms with van der Waals surface area (Å²) in [5.74, 6) is 0. The summed E-state index contributed by atoms with van der Waals surface area (Å²) in [6.45, 7) is 0. The van der Waals surface area contributed by atoms with Gasteiger partial charge in [-0.1, -0.05) is 72.8 Å². The van der Waals surface area contributed by atoms with Crippen LogP contribution >= 0.6 is 0 Å². The van der Waals surface area contributed by atoms with E-state index in [1.54, 1.807) is 0 Å². The summed E-state index contributed by atoms with van der Waals surface area (Å²) in [4.78, 5) is 4.61. The molecule has 0 atom stereocenters. The first kappa shape index (κ1) is 16.5. The molecule has 0 fully saturated rings. The van der Waals surface area contributed by atoms with Crippen molar-refractivity contribution in [1.29, 1.82) is 0 Å². The smallest absolute Gasteiger partial charge is 0.0708 e. The standard InChI is InChI=1S/C31H17N/c1-2-7-20-18(5-1)10-11-22-21(20)12-13-23-24-8-3-9-25-28-17-30-19(6-4-14-32-30)15-26(28)29(31(24)25)16-27(22)23/h1-17H. The van der Waals surface area contributed by atoms with Crippen LogP contribution in [0.5, 0.6) is 0 Å². The fraction of sp³-hybridized carbons (Fsp3) is 0. The largest absolute Gasteiger partial charge is 0.256 e. The van der Waals surface area contributed by atoms with Crippen LogP contribution in [0.15, 0.2) is 103 Å². The van der Waals surface area contributed by atoms with Crippen LogP contribution in [0.25, 0.3) is 76.2 Å². The van der Waals surface area contributed by atoms with E-state index in [1.165, 1.54) is 70.7 Å². The Morgan fingerprint density at radius 2 is 1.16 bits per heavy atom. The molecule has 0 bridgehead atoms. The van der Waals surface area contributed by atoms with Gasteiger partial charge in [-0.05, 0) is 89.6 Å². The van der Waals surface area contributed by atoms with Crippen molar-refractivity contribution in [1.82, 2.24) is 4.98 Å². The maximum absolute atomic E-state index is 4.61. The summed E-state index contributed by atoms with van der Waals surface area (Å²) in [7, 11) is 0. The van der Waals surface area contributed by atoms with E-state index in [2.05, 4.69) is 96.0 Å². The van der Waals surface area contributed by atoms with Crippen molar-refractivity contribution in [2.75, 3.05) is 0 Å². The fourth-order valence-electron chi connectivity index (χ4n) is 5.79. The molecule has 1 heterocycles. The number of nitrogens with zero attached hydrogens (tertiary/aromatic N) is 1. The Hall–Kier alpha value is -4.23. The average molecular weight is 403 g/mol. The SMILES string of the molecule is c1cnc2cc3c(cc2c1)-c1cc2c(ccc4c5ccccc5ccc42)c2cccc-3c12. The molecule has 0 N–H and O–H groups in total. The molecule has 1 aliphatic carbocycles. The lowest BCUT2D eigenvalue weighted by atomic mass is 9.91. The van der Waals surface area contributed by atoms with Gasteiger partial charge in [0.1, 0.15) is 0 Å². The summed E-state index contributed by atoms with van der Waals surface area (Å²) in [5, 5.41) is 11.8. The van der Waals surface area contributed by atoms with E-state index in [-0.39, 0.29) is 0 Å². The van der Waals surface area contributed by atoms with E-state index in [4.69, 9.17) is 0 Å². The summed E-state index contributed by atoms with van der Waals surface area (Å²) in [5.41, 5.74) is 6.32. The zero-order valence-electron chi connectivity index (χ0n) is 17.3.